The molecule has 0 amide bonds. The first-order valence-electron chi connectivity index (χ1n) is 7.98. The van der Waals surface area contributed by atoms with Crippen molar-refractivity contribution < 1.29 is 30.0 Å². The summed E-state index contributed by atoms with van der Waals surface area (Å²) in [5, 5.41) is 33.9. The van der Waals surface area contributed by atoms with E-state index in [1.807, 2.05) is 0 Å². The van der Waals surface area contributed by atoms with Crippen LogP contribution in [0.4, 0.5) is 0 Å². The normalized spacial score (nSPS) is 15.2. The summed E-state index contributed by atoms with van der Waals surface area (Å²) in [6.45, 7) is 1.90. The van der Waals surface area contributed by atoms with Gasteiger partial charge in [0.2, 0.25) is 0 Å². The smallest absolute Gasteiger partial charge is 0.335 e. The van der Waals surface area contributed by atoms with E-state index >= 15 is 0 Å². The minimum Gasteiger partial charge on any atom is -0.479 e. The fourth-order valence-electron chi connectivity index (χ4n) is 2.95. The molecule has 25 heavy (non-hydrogen) atoms. The lowest BCUT2D eigenvalue weighted by molar-refractivity contribution is -0.165. The second-order valence-corrected chi connectivity index (χ2v) is 5.87. The fourth-order valence-corrected chi connectivity index (χ4v) is 2.95. The van der Waals surface area contributed by atoms with E-state index in [0.29, 0.717) is 0 Å². The van der Waals surface area contributed by atoms with E-state index in [1.165, 1.54) is 34.9 Å². The van der Waals surface area contributed by atoms with Crippen LogP contribution < -0.4 is 5.73 Å². The molecule has 3 rings (SSSR count). The third kappa shape index (κ3) is 4.16. The van der Waals surface area contributed by atoms with Crippen molar-refractivity contribution in [2.45, 2.75) is 38.0 Å². The van der Waals surface area contributed by atoms with Crippen LogP contribution >= 0.6 is 0 Å². The Labute approximate surface area is 144 Å². The summed E-state index contributed by atoms with van der Waals surface area (Å²) >= 11 is 0. The number of carbonyl (C=O) groups is 2. The molecule has 0 aliphatic carbocycles. The first kappa shape index (κ1) is 18.9. The highest BCUT2D eigenvalue weighted by Gasteiger charge is 2.29. The van der Waals surface area contributed by atoms with Gasteiger partial charge in [0, 0.05) is 18.1 Å². The van der Waals surface area contributed by atoms with Gasteiger partial charge in [0.25, 0.3) is 0 Å². The van der Waals surface area contributed by atoms with E-state index in [4.69, 9.17) is 26.2 Å². The Bertz CT molecular complexity index is 752. The highest BCUT2D eigenvalue weighted by molar-refractivity contribution is 5.87. The Hall–Kier alpha value is -2.42. The van der Waals surface area contributed by atoms with Crippen LogP contribution in [0.5, 0.6) is 0 Å². The third-order valence-electron chi connectivity index (χ3n) is 4.13. The van der Waals surface area contributed by atoms with Gasteiger partial charge in [-0.2, -0.15) is 0 Å². The van der Waals surface area contributed by atoms with E-state index in [0.717, 1.165) is 19.5 Å². The average Bonchev–Trinajstić information content (AvgIpc) is 2.94. The molecule has 0 radical (unpaired) electrons. The Kier molecular flexibility index (Phi) is 6.13. The summed E-state index contributed by atoms with van der Waals surface area (Å²) in [5.74, 6) is -3.54. The second-order valence-electron chi connectivity index (χ2n) is 5.87. The number of hydrogen-bond acceptors (Lipinski definition) is 5. The first-order chi connectivity index (χ1) is 11.9. The number of carboxylic acids is 2. The van der Waals surface area contributed by atoms with Gasteiger partial charge in [-0.25, -0.2) is 9.59 Å². The van der Waals surface area contributed by atoms with Crippen LogP contribution in [0.2, 0.25) is 0 Å². The number of hydrogen-bond donors (Lipinski definition) is 5. The van der Waals surface area contributed by atoms with Crippen molar-refractivity contribution in [3.8, 4) is 0 Å². The number of nitrogens with zero attached hydrogens (tertiary/aromatic N) is 1. The average molecular weight is 350 g/mol. The molecule has 1 aromatic heterocycles. The number of aliphatic carboxylic acids is 2. The molecule has 0 saturated heterocycles. The maximum Gasteiger partial charge on any atom is 0.335 e. The van der Waals surface area contributed by atoms with Crippen molar-refractivity contribution >= 4 is 22.8 Å². The number of aromatic nitrogens is 1. The van der Waals surface area contributed by atoms with Gasteiger partial charge in [-0.15, -0.1) is 0 Å². The number of aryl methyl sites for hydroxylation is 2. The van der Waals surface area contributed by atoms with E-state index in [-0.39, 0.29) is 0 Å². The maximum absolute atomic E-state index is 9.77. The molecule has 1 aromatic carbocycles. The Morgan fingerprint density at radius 2 is 1.80 bits per heavy atom. The maximum atomic E-state index is 9.77. The van der Waals surface area contributed by atoms with Gasteiger partial charge in [-0.1, -0.05) is 18.2 Å². The number of nitrogens with two attached hydrogens (primary N) is 1. The molecule has 0 bridgehead atoms. The van der Waals surface area contributed by atoms with Crippen molar-refractivity contribution in [1.82, 2.24) is 4.57 Å². The van der Waals surface area contributed by atoms with Crippen LogP contribution in [0.1, 0.15) is 17.5 Å². The molecule has 136 valence electrons. The van der Waals surface area contributed by atoms with Crippen molar-refractivity contribution in [1.29, 1.82) is 0 Å². The lowest BCUT2D eigenvalue weighted by atomic mass is 10.0. The summed E-state index contributed by atoms with van der Waals surface area (Å²) in [7, 11) is 0. The molecule has 1 aliphatic rings. The molecule has 6 N–H and O–H groups in total. The lowest BCUT2D eigenvalue weighted by Crippen LogP contribution is -2.39. The van der Waals surface area contributed by atoms with Crippen LogP contribution in [0.25, 0.3) is 10.9 Å². The molecule has 0 spiro atoms. The van der Waals surface area contributed by atoms with Crippen LogP contribution in [-0.4, -0.2) is 55.7 Å². The predicted molar refractivity (Wildman–Crippen MR) is 90.3 cm³/mol. The zero-order valence-corrected chi connectivity index (χ0v) is 13.6. The minimum absolute atomic E-state index is 0.739. The molecular formula is C17H22N2O6. The molecule has 2 heterocycles. The Morgan fingerprint density at radius 1 is 1.16 bits per heavy atom. The predicted octanol–water partition coefficient (Wildman–Crippen LogP) is -0.0339. The monoisotopic (exact) mass is 350 g/mol. The highest BCUT2D eigenvalue weighted by Crippen LogP contribution is 2.29. The van der Waals surface area contributed by atoms with Crippen LogP contribution in [0, 0.1) is 0 Å². The van der Waals surface area contributed by atoms with Gasteiger partial charge in [-0.05, 0) is 36.9 Å². The molecule has 0 fully saturated rings. The van der Waals surface area contributed by atoms with Gasteiger partial charge in [-0.3, -0.25) is 0 Å². The number of aliphatic hydroxyl groups is 2. The van der Waals surface area contributed by atoms with E-state index in [2.05, 4.69) is 29.0 Å². The Balaban J connectivity index is 0.000000199. The molecule has 2 atom stereocenters. The van der Waals surface area contributed by atoms with Gasteiger partial charge in [0.15, 0.2) is 12.2 Å². The zero-order chi connectivity index (χ0) is 18.6. The summed E-state index contributed by atoms with van der Waals surface area (Å²) < 4.78 is 2.40. The largest absolute Gasteiger partial charge is 0.479 e. The number of carboxylic acid groups (broad SMARTS) is 2. The van der Waals surface area contributed by atoms with Crippen molar-refractivity contribution in [2.75, 3.05) is 6.54 Å². The number of benzene rings is 1. The first-order valence-corrected chi connectivity index (χ1v) is 7.98. The SMILES string of the molecule is NCCc1cn2c3c(cccc13)CCC2.O=C(O)C(O)C(O)C(=O)O. The van der Waals surface area contributed by atoms with Gasteiger partial charge in [0.1, 0.15) is 0 Å². The van der Waals surface area contributed by atoms with Crippen molar-refractivity contribution in [2.24, 2.45) is 5.73 Å². The van der Waals surface area contributed by atoms with Gasteiger partial charge >= 0.3 is 11.9 Å². The number of rotatable bonds is 5. The fraction of sp³-hybridized carbons (Fsp3) is 0.412. The van der Waals surface area contributed by atoms with Crippen molar-refractivity contribution in [3.05, 3.63) is 35.5 Å². The zero-order valence-electron chi connectivity index (χ0n) is 13.6. The van der Waals surface area contributed by atoms with Gasteiger partial charge < -0.3 is 30.7 Å². The molecule has 2 aromatic rings. The minimum atomic E-state index is -2.27. The molecule has 0 saturated carbocycles. The van der Waals surface area contributed by atoms with Crippen LogP contribution in [0.3, 0.4) is 0 Å². The van der Waals surface area contributed by atoms with E-state index < -0.39 is 24.1 Å². The molecule has 8 heteroatoms. The summed E-state index contributed by atoms with van der Waals surface area (Å²) in [5.41, 5.74) is 10.0. The molecule has 1 aliphatic heterocycles. The second kappa shape index (κ2) is 8.11. The summed E-state index contributed by atoms with van der Waals surface area (Å²) in [6, 6.07) is 6.66. The highest BCUT2D eigenvalue weighted by atomic mass is 16.4. The number of para-hydroxylation sites is 1. The van der Waals surface area contributed by atoms with Gasteiger partial charge in [0.05, 0.1) is 5.52 Å². The van der Waals surface area contributed by atoms with Crippen LogP contribution in [0.15, 0.2) is 24.4 Å². The van der Waals surface area contributed by atoms with E-state index in [9.17, 15) is 9.59 Å². The Morgan fingerprint density at radius 3 is 2.36 bits per heavy atom. The lowest BCUT2D eigenvalue weighted by Gasteiger charge is -2.14. The summed E-state index contributed by atoms with van der Waals surface area (Å²) in [6.07, 6.45) is 1.24. The molecular weight excluding hydrogens is 328 g/mol. The molecule has 8 nitrogen and oxygen atoms in total. The third-order valence-corrected chi connectivity index (χ3v) is 4.13. The quantitative estimate of drug-likeness (QED) is 0.509. The molecule has 2 unspecified atom stereocenters. The van der Waals surface area contributed by atoms with Crippen molar-refractivity contribution in [3.63, 3.8) is 0 Å². The van der Waals surface area contributed by atoms with Crippen LogP contribution in [-0.2, 0) is 29.0 Å². The topological polar surface area (TPSA) is 146 Å². The standard InChI is InChI=1S/C13H16N2.C4H6O6/c14-7-6-11-9-15-8-2-4-10-3-1-5-12(11)13(10)15;5-1(3(7)8)2(6)4(9)10/h1,3,5,9H,2,4,6-8,14H2;1-2,5-6H,(H,7,8)(H,9,10). The summed E-state index contributed by atoms with van der Waals surface area (Å²) in [4.78, 5) is 19.5. The number of aliphatic hydroxyl groups excluding tert-OH is 2. The van der Waals surface area contributed by atoms with E-state index in [1.54, 1.807) is 0 Å².